The number of halogens is 3. The summed E-state index contributed by atoms with van der Waals surface area (Å²) in [5, 5.41) is 12.0. The number of carbonyl (C=O) groups is 1. The first kappa shape index (κ1) is 27.2. The van der Waals surface area contributed by atoms with Crippen LogP contribution < -0.4 is 15.4 Å². The molecule has 0 aliphatic heterocycles. The van der Waals surface area contributed by atoms with Gasteiger partial charge in [-0.15, -0.1) is 24.8 Å². The van der Waals surface area contributed by atoms with Crippen molar-refractivity contribution in [3.05, 3.63) is 76.8 Å². The summed E-state index contributed by atoms with van der Waals surface area (Å²) >= 11 is 6.26. The lowest BCUT2D eigenvalue weighted by molar-refractivity contribution is 0.0951. The molecule has 0 saturated heterocycles. The topological polar surface area (TPSA) is 94.0 Å². The Morgan fingerprint density at radius 2 is 1.85 bits per heavy atom. The van der Waals surface area contributed by atoms with Gasteiger partial charge in [0.15, 0.2) is 5.65 Å². The van der Waals surface area contributed by atoms with Crippen molar-refractivity contribution in [2.45, 2.75) is 26.6 Å². The number of carbonyl (C=O) groups excluding carboxylic acids is 1. The number of pyridine rings is 2. The van der Waals surface area contributed by atoms with E-state index in [0.29, 0.717) is 47.3 Å². The van der Waals surface area contributed by atoms with Gasteiger partial charge in [0.2, 0.25) is 0 Å². The largest absolute Gasteiger partial charge is 0.495 e. The van der Waals surface area contributed by atoms with Crippen LogP contribution in [0.15, 0.2) is 55.1 Å². The van der Waals surface area contributed by atoms with Crippen LogP contribution in [0.3, 0.4) is 0 Å². The molecule has 4 rings (SSSR count). The number of fused-ring (bicyclic) bond motifs is 1. The SMILES string of the molecule is CCn1ncc2c(NCc3ccc(OC)c(Cl)c3)c(C(=O)NCc3ccncc3)cnc21.Cl.Cl. The quantitative estimate of drug-likeness (QED) is 0.341. The molecule has 2 N–H and O–H groups in total. The van der Waals surface area contributed by atoms with Crippen LogP contribution >= 0.6 is 36.4 Å². The van der Waals surface area contributed by atoms with E-state index in [2.05, 4.69) is 25.7 Å². The zero-order valence-corrected chi connectivity index (χ0v) is 21.0. The second kappa shape index (κ2) is 12.4. The Morgan fingerprint density at radius 1 is 1.09 bits per heavy atom. The van der Waals surface area contributed by atoms with E-state index in [0.717, 1.165) is 16.5 Å². The highest BCUT2D eigenvalue weighted by Crippen LogP contribution is 2.28. The molecule has 4 aromatic rings. The van der Waals surface area contributed by atoms with Crippen molar-refractivity contribution in [2.24, 2.45) is 0 Å². The molecular weight excluding hydrogens is 499 g/mol. The molecule has 0 bridgehead atoms. The van der Waals surface area contributed by atoms with Gasteiger partial charge >= 0.3 is 0 Å². The first-order valence-electron chi connectivity index (χ1n) is 10.2. The number of benzene rings is 1. The molecule has 3 aromatic heterocycles. The molecule has 0 aliphatic carbocycles. The highest BCUT2D eigenvalue weighted by atomic mass is 35.5. The molecule has 0 unspecified atom stereocenters. The van der Waals surface area contributed by atoms with Gasteiger partial charge in [0.1, 0.15) is 5.75 Å². The fourth-order valence-electron chi connectivity index (χ4n) is 3.41. The van der Waals surface area contributed by atoms with E-state index in [1.807, 2.05) is 37.3 Å². The van der Waals surface area contributed by atoms with Crippen molar-refractivity contribution >= 4 is 59.0 Å². The molecule has 0 fully saturated rings. The minimum absolute atomic E-state index is 0. The Morgan fingerprint density at radius 3 is 2.53 bits per heavy atom. The summed E-state index contributed by atoms with van der Waals surface area (Å²) in [5.41, 5.74) is 3.75. The molecule has 1 aromatic carbocycles. The molecule has 34 heavy (non-hydrogen) atoms. The van der Waals surface area contributed by atoms with Gasteiger partial charge in [-0.25, -0.2) is 9.67 Å². The Balaban J connectivity index is 0.00000204. The maximum absolute atomic E-state index is 13.0. The molecule has 11 heteroatoms. The summed E-state index contributed by atoms with van der Waals surface area (Å²) in [6.45, 7) is 3.53. The fourth-order valence-corrected chi connectivity index (χ4v) is 3.69. The Hall–Kier alpha value is -3.07. The fraction of sp³-hybridized carbons (Fsp3) is 0.217. The average Bonchev–Trinajstić information content (AvgIpc) is 3.25. The number of aryl methyl sites for hydroxylation is 1. The number of hydrogen-bond acceptors (Lipinski definition) is 6. The molecule has 3 heterocycles. The summed E-state index contributed by atoms with van der Waals surface area (Å²) in [4.78, 5) is 21.5. The van der Waals surface area contributed by atoms with Crippen LogP contribution in [0.4, 0.5) is 5.69 Å². The third-order valence-electron chi connectivity index (χ3n) is 5.10. The summed E-state index contributed by atoms with van der Waals surface area (Å²) in [6, 6.07) is 9.30. The number of nitrogens with one attached hydrogen (secondary N) is 2. The normalized spacial score (nSPS) is 10.2. The van der Waals surface area contributed by atoms with Crippen molar-refractivity contribution < 1.29 is 9.53 Å². The van der Waals surface area contributed by atoms with Crippen LogP contribution in [0, 0.1) is 0 Å². The maximum atomic E-state index is 13.0. The number of anilines is 1. The van der Waals surface area contributed by atoms with E-state index in [-0.39, 0.29) is 30.7 Å². The lowest BCUT2D eigenvalue weighted by atomic mass is 10.1. The van der Waals surface area contributed by atoms with Gasteiger partial charge in [-0.3, -0.25) is 9.78 Å². The molecule has 0 atom stereocenters. The van der Waals surface area contributed by atoms with E-state index >= 15 is 0 Å². The van der Waals surface area contributed by atoms with E-state index in [9.17, 15) is 4.79 Å². The minimum atomic E-state index is -0.226. The standard InChI is InChI=1S/C23H23ClN6O2.2ClH/c1-3-30-22-17(14-29-30)21(26-12-16-4-5-20(32-2)19(24)10-16)18(13-27-22)23(31)28-11-15-6-8-25-9-7-15;;/h4-10,13-14H,3,11-12H2,1-2H3,(H,26,27)(H,28,31);2*1H. The lowest BCUT2D eigenvalue weighted by Gasteiger charge is -2.14. The zero-order chi connectivity index (χ0) is 22.5. The molecule has 0 radical (unpaired) electrons. The summed E-state index contributed by atoms with van der Waals surface area (Å²) in [6.07, 6.45) is 6.71. The van der Waals surface area contributed by atoms with E-state index in [1.165, 1.54) is 0 Å². The molecular formula is C23H25Cl3N6O2. The van der Waals surface area contributed by atoms with E-state index < -0.39 is 0 Å². The van der Waals surface area contributed by atoms with Gasteiger partial charge in [-0.1, -0.05) is 17.7 Å². The molecule has 180 valence electrons. The summed E-state index contributed by atoms with van der Waals surface area (Å²) in [5.74, 6) is 0.387. The summed E-state index contributed by atoms with van der Waals surface area (Å²) < 4.78 is 7.02. The predicted molar refractivity (Wildman–Crippen MR) is 138 cm³/mol. The maximum Gasteiger partial charge on any atom is 0.255 e. The van der Waals surface area contributed by atoms with Crippen LogP contribution in [0.2, 0.25) is 5.02 Å². The van der Waals surface area contributed by atoms with Crippen molar-refractivity contribution in [2.75, 3.05) is 12.4 Å². The highest BCUT2D eigenvalue weighted by Gasteiger charge is 2.18. The van der Waals surface area contributed by atoms with Gasteiger partial charge in [-0.2, -0.15) is 5.10 Å². The lowest BCUT2D eigenvalue weighted by Crippen LogP contribution is -2.24. The van der Waals surface area contributed by atoms with Gasteiger partial charge in [0, 0.05) is 38.2 Å². The average molecular weight is 524 g/mol. The van der Waals surface area contributed by atoms with Gasteiger partial charge in [0.25, 0.3) is 5.91 Å². The minimum Gasteiger partial charge on any atom is -0.495 e. The van der Waals surface area contributed by atoms with E-state index in [1.54, 1.807) is 36.6 Å². The van der Waals surface area contributed by atoms with Crippen molar-refractivity contribution in [3.63, 3.8) is 0 Å². The van der Waals surface area contributed by atoms with Crippen LogP contribution in [0.5, 0.6) is 5.75 Å². The molecule has 1 amide bonds. The molecule has 0 aliphatic rings. The monoisotopic (exact) mass is 522 g/mol. The number of aromatic nitrogens is 4. The second-order valence-electron chi connectivity index (χ2n) is 7.11. The first-order chi connectivity index (χ1) is 15.6. The first-order valence-corrected chi connectivity index (χ1v) is 10.6. The third-order valence-corrected chi connectivity index (χ3v) is 5.39. The Bertz CT molecular complexity index is 1250. The van der Waals surface area contributed by atoms with Crippen LogP contribution in [-0.4, -0.2) is 32.8 Å². The predicted octanol–water partition coefficient (Wildman–Crippen LogP) is 4.89. The van der Waals surface area contributed by atoms with E-state index in [4.69, 9.17) is 16.3 Å². The zero-order valence-electron chi connectivity index (χ0n) is 18.6. The number of hydrogen-bond donors (Lipinski definition) is 2. The van der Waals surface area contributed by atoms with Gasteiger partial charge < -0.3 is 15.4 Å². The number of nitrogens with zero attached hydrogens (tertiary/aromatic N) is 4. The highest BCUT2D eigenvalue weighted by molar-refractivity contribution is 6.32. The second-order valence-corrected chi connectivity index (χ2v) is 7.51. The molecule has 8 nitrogen and oxygen atoms in total. The molecule has 0 saturated carbocycles. The van der Waals surface area contributed by atoms with Gasteiger partial charge in [0.05, 0.1) is 35.0 Å². The van der Waals surface area contributed by atoms with Gasteiger partial charge in [-0.05, 0) is 42.3 Å². The molecule has 0 spiro atoms. The van der Waals surface area contributed by atoms with Crippen LogP contribution in [0.25, 0.3) is 11.0 Å². The van der Waals surface area contributed by atoms with Crippen molar-refractivity contribution in [1.29, 1.82) is 0 Å². The smallest absolute Gasteiger partial charge is 0.255 e. The third kappa shape index (κ3) is 5.88. The number of rotatable bonds is 8. The van der Waals surface area contributed by atoms with Crippen LogP contribution in [0.1, 0.15) is 28.4 Å². The number of methoxy groups -OCH3 is 1. The Labute approximate surface area is 214 Å². The van der Waals surface area contributed by atoms with Crippen molar-refractivity contribution in [3.8, 4) is 5.75 Å². The van der Waals surface area contributed by atoms with Crippen molar-refractivity contribution in [1.82, 2.24) is 25.1 Å². The van der Waals surface area contributed by atoms with Crippen LogP contribution in [-0.2, 0) is 19.6 Å². The Kier molecular flexibility index (Phi) is 9.92. The number of amides is 1. The number of ether oxygens (including phenoxy) is 1. The summed E-state index contributed by atoms with van der Waals surface area (Å²) in [7, 11) is 1.58.